The molecule has 0 spiro atoms. The lowest BCUT2D eigenvalue weighted by Crippen LogP contribution is -2.20. The highest BCUT2D eigenvalue weighted by atomic mass is 16.7. The van der Waals surface area contributed by atoms with Crippen LogP contribution >= 0.6 is 0 Å². The molecule has 1 unspecified atom stereocenters. The van der Waals surface area contributed by atoms with Crippen LogP contribution in [0.15, 0.2) is 0 Å². The molecule has 80 valence electrons. The molecule has 0 bridgehead atoms. The van der Waals surface area contributed by atoms with Gasteiger partial charge in [-0.25, -0.2) is 0 Å². The molecular weight excluding hydrogens is 164 g/mol. The number of rotatable bonds is 8. The summed E-state index contributed by atoms with van der Waals surface area (Å²) in [6.45, 7) is 9.97. The van der Waals surface area contributed by atoms with Crippen molar-refractivity contribution >= 4 is 0 Å². The van der Waals surface area contributed by atoms with Crippen molar-refractivity contribution in [1.82, 2.24) is 0 Å². The van der Waals surface area contributed by atoms with Crippen LogP contribution in [0.5, 0.6) is 0 Å². The average molecular weight is 188 g/mol. The van der Waals surface area contributed by atoms with Gasteiger partial charge in [-0.05, 0) is 19.8 Å². The van der Waals surface area contributed by atoms with Crippen molar-refractivity contribution < 1.29 is 9.47 Å². The average Bonchev–Trinajstić information content (AvgIpc) is 2.05. The fourth-order valence-corrected chi connectivity index (χ4v) is 1.50. The van der Waals surface area contributed by atoms with Crippen LogP contribution in [0.2, 0.25) is 0 Å². The molecule has 0 N–H and O–H groups in total. The summed E-state index contributed by atoms with van der Waals surface area (Å²) in [7, 11) is 0. The minimum absolute atomic E-state index is 0.0107. The van der Waals surface area contributed by atoms with E-state index in [0.29, 0.717) is 5.92 Å². The molecule has 0 rings (SSSR count). The third-order valence-electron chi connectivity index (χ3n) is 2.08. The first-order valence-corrected chi connectivity index (χ1v) is 5.47. The van der Waals surface area contributed by atoms with Gasteiger partial charge in [0.1, 0.15) is 0 Å². The molecule has 0 amide bonds. The summed E-state index contributed by atoms with van der Waals surface area (Å²) in [5.41, 5.74) is 0. The standard InChI is InChI=1S/C11H24O2/c1-5-8-10(4)9-11(12-6-2)13-7-3/h10-11H,5-9H2,1-4H3. The Morgan fingerprint density at radius 2 is 1.54 bits per heavy atom. The smallest absolute Gasteiger partial charge is 0.157 e. The van der Waals surface area contributed by atoms with Crippen molar-refractivity contribution in [2.24, 2.45) is 5.92 Å². The van der Waals surface area contributed by atoms with Crippen LogP contribution in [0.1, 0.15) is 47.0 Å². The van der Waals surface area contributed by atoms with Gasteiger partial charge in [0.2, 0.25) is 0 Å². The predicted molar refractivity (Wildman–Crippen MR) is 55.7 cm³/mol. The molecule has 0 fully saturated rings. The molecule has 0 aromatic rings. The van der Waals surface area contributed by atoms with Gasteiger partial charge in [0.15, 0.2) is 6.29 Å². The van der Waals surface area contributed by atoms with Gasteiger partial charge in [-0.1, -0.05) is 26.7 Å². The van der Waals surface area contributed by atoms with E-state index in [1.165, 1.54) is 12.8 Å². The largest absolute Gasteiger partial charge is 0.353 e. The molecule has 0 radical (unpaired) electrons. The minimum atomic E-state index is 0.0107. The summed E-state index contributed by atoms with van der Waals surface area (Å²) in [6.07, 6.45) is 3.54. The monoisotopic (exact) mass is 188 g/mol. The molecule has 0 aromatic heterocycles. The van der Waals surface area contributed by atoms with E-state index < -0.39 is 0 Å². The van der Waals surface area contributed by atoms with E-state index in [9.17, 15) is 0 Å². The van der Waals surface area contributed by atoms with Crippen LogP contribution in [-0.2, 0) is 9.47 Å². The highest BCUT2D eigenvalue weighted by Gasteiger charge is 2.12. The molecule has 0 saturated carbocycles. The fourth-order valence-electron chi connectivity index (χ4n) is 1.50. The maximum Gasteiger partial charge on any atom is 0.157 e. The third kappa shape index (κ3) is 7.03. The topological polar surface area (TPSA) is 18.5 Å². The summed E-state index contributed by atoms with van der Waals surface area (Å²) in [5.74, 6) is 0.702. The summed E-state index contributed by atoms with van der Waals surface area (Å²) in [5, 5.41) is 0. The van der Waals surface area contributed by atoms with E-state index in [-0.39, 0.29) is 6.29 Å². The van der Waals surface area contributed by atoms with Crippen LogP contribution in [0.4, 0.5) is 0 Å². The van der Waals surface area contributed by atoms with Crippen molar-refractivity contribution in [3.8, 4) is 0 Å². The zero-order chi connectivity index (χ0) is 10.1. The third-order valence-corrected chi connectivity index (χ3v) is 2.08. The van der Waals surface area contributed by atoms with Crippen LogP contribution in [0.3, 0.4) is 0 Å². The second-order valence-electron chi connectivity index (χ2n) is 3.47. The lowest BCUT2D eigenvalue weighted by molar-refractivity contribution is -0.145. The van der Waals surface area contributed by atoms with Crippen LogP contribution in [0, 0.1) is 5.92 Å². The predicted octanol–water partition coefficient (Wildman–Crippen LogP) is 3.21. The van der Waals surface area contributed by atoms with Gasteiger partial charge in [0.25, 0.3) is 0 Å². The van der Waals surface area contributed by atoms with Crippen LogP contribution in [0.25, 0.3) is 0 Å². The van der Waals surface area contributed by atoms with E-state index in [1.54, 1.807) is 0 Å². The lowest BCUT2D eigenvalue weighted by atomic mass is 10.0. The van der Waals surface area contributed by atoms with Gasteiger partial charge in [0, 0.05) is 19.6 Å². The van der Waals surface area contributed by atoms with Gasteiger partial charge in [-0.3, -0.25) is 0 Å². The Labute approximate surface area is 82.6 Å². The Balaban J connectivity index is 3.64. The number of hydrogen-bond donors (Lipinski definition) is 0. The first-order valence-electron chi connectivity index (χ1n) is 5.47. The summed E-state index contributed by atoms with van der Waals surface area (Å²) >= 11 is 0. The van der Waals surface area contributed by atoms with Gasteiger partial charge < -0.3 is 9.47 Å². The zero-order valence-electron chi connectivity index (χ0n) is 9.51. The Hall–Kier alpha value is -0.0800. The minimum Gasteiger partial charge on any atom is -0.353 e. The Morgan fingerprint density at radius 3 is 1.92 bits per heavy atom. The maximum atomic E-state index is 5.48. The Kier molecular flexibility index (Phi) is 8.46. The molecule has 1 atom stereocenters. The van der Waals surface area contributed by atoms with Crippen molar-refractivity contribution in [2.45, 2.75) is 53.2 Å². The second-order valence-corrected chi connectivity index (χ2v) is 3.47. The molecule has 0 heterocycles. The fraction of sp³-hybridized carbons (Fsp3) is 1.00. The van der Waals surface area contributed by atoms with Crippen LogP contribution in [-0.4, -0.2) is 19.5 Å². The molecule has 13 heavy (non-hydrogen) atoms. The Morgan fingerprint density at radius 1 is 1.00 bits per heavy atom. The van der Waals surface area contributed by atoms with Crippen LogP contribution < -0.4 is 0 Å². The molecule has 2 nitrogen and oxygen atoms in total. The highest BCUT2D eigenvalue weighted by molar-refractivity contribution is 4.55. The molecule has 0 aliphatic heterocycles. The van der Waals surface area contributed by atoms with Crippen molar-refractivity contribution in [3.05, 3.63) is 0 Å². The molecule has 0 aliphatic rings. The summed E-state index contributed by atoms with van der Waals surface area (Å²) < 4.78 is 11.0. The van der Waals surface area contributed by atoms with E-state index >= 15 is 0 Å². The number of hydrogen-bond acceptors (Lipinski definition) is 2. The quantitative estimate of drug-likeness (QED) is 0.544. The van der Waals surface area contributed by atoms with Gasteiger partial charge in [0.05, 0.1) is 0 Å². The highest BCUT2D eigenvalue weighted by Crippen LogP contribution is 2.15. The summed E-state index contributed by atoms with van der Waals surface area (Å²) in [4.78, 5) is 0. The summed E-state index contributed by atoms with van der Waals surface area (Å²) in [6, 6.07) is 0. The van der Waals surface area contributed by atoms with Crippen molar-refractivity contribution in [3.63, 3.8) is 0 Å². The second kappa shape index (κ2) is 8.52. The molecule has 0 saturated heterocycles. The SMILES string of the molecule is CCCC(C)CC(OCC)OCC. The van der Waals surface area contributed by atoms with Gasteiger partial charge in [-0.15, -0.1) is 0 Å². The number of ether oxygens (including phenoxy) is 2. The molecule has 0 aliphatic carbocycles. The molecular formula is C11H24O2. The zero-order valence-corrected chi connectivity index (χ0v) is 9.51. The lowest BCUT2D eigenvalue weighted by Gasteiger charge is -2.20. The van der Waals surface area contributed by atoms with Gasteiger partial charge >= 0.3 is 0 Å². The van der Waals surface area contributed by atoms with E-state index in [2.05, 4.69) is 13.8 Å². The van der Waals surface area contributed by atoms with E-state index in [0.717, 1.165) is 19.6 Å². The van der Waals surface area contributed by atoms with Gasteiger partial charge in [-0.2, -0.15) is 0 Å². The first kappa shape index (κ1) is 12.9. The first-order chi connectivity index (χ1) is 6.24. The van der Waals surface area contributed by atoms with Crippen molar-refractivity contribution in [2.75, 3.05) is 13.2 Å². The molecule has 2 heteroatoms. The van der Waals surface area contributed by atoms with Crippen molar-refractivity contribution in [1.29, 1.82) is 0 Å². The van der Waals surface area contributed by atoms with E-state index in [1.807, 2.05) is 13.8 Å². The Bertz CT molecular complexity index is 98.3. The maximum absolute atomic E-state index is 5.48. The normalized spacial score (nSPS) is 13.6. The molecule has 0 aromatic carbocycles. The van der Waals surface area contributed by atoms with E-state index in [4.69, 9.17) is 9.47 Å².